The van der Waals surface area contributed by atoms with Gasteiger partial charge < -0.3 is 14.7 Å². The Morgan fingerprint density at radius 2 is 1.85 bits per heavy atom. The van der Waals surface area contributed by atoms with Gasteiger partial charge in [0.2, 0.25) is 5.43 Å². The van der Waals surface area contributed by atoms with Crippen molar-refractivity contribution in [1.29, 1.82) is 5.26 Å². The van der Waals surface area contributed by atoms with E-state index in [2.05, 4.69) is 6.07 Å². The van der Waals surface area contributed by atoms with E-state index in [0.29, 0.717) is 5.56 Å². The molecule has 10 heteroatoms. The minimum absolute atomic E-state index is 0.0744. The van der Waals surface area contributed by atoms with E-state index in [0.717, 1.165) is 18.2 Å². The minimum Gasteiger partial charge on any atom is -0.502 e. The number of aromatic hydroxyl groups is 1. The van der Waals surface area contributed by atoms with E-state index in [9.17, 15) is 28.7 Å². The first-order chi connectivity index (χ1) is 16.3. The van der Waals surface area contributed by atoms with Gasteiger partial charge in [-0.2, -0.15) is 5.26 Å². The van der Waals surface area contributed by atoms with Crippen molar-refractivity contribution in [2.75, 3.05) is 18.7 Å². The first-order valence-corrected chi connectivity index (χ1v) is 10.4. The molecule has 1 N–H and O–H groups in total. The smallest absolute Gasteiger partial charge is 0.277 e. The SMILES string of the molecule is CN1C(=O)c2c(O)c(=O)ccn2N2C(c3ccccc3C#N)c3cc(F)c(F)cc3OCC[C@@H]12. The molecule has 172 valence electrons. The Kier molecular flexibility index (Phi) is 4.97. The number of benzene rings is 2. The maximum absolute atomic E-state index is 14.5. The van der Waals surface area contributed by atoms with Crippen LogP contribution >= 0.6 is 0 Å². The van der Waals surface area contributed by atoms with Gasteiger partial charge in [0.1, 0.15) is 18.0 Å². The van der Waals surface area contributed by atoms with Gasteiger partial charge in [-0.25, -0.2) is 8.78 Å². The standard InChI is InChI=1S/C24H18F2N4O4/c1-28-20-7-9-34-19-11-17(26)16(25)10-15(19)21(14-5-3-2-4-13(14)12-27)30(20)29-8-6-18(31)23(32)22(29)24(28)33/h2-6,8,10-11,20-21,32H,7,9H2,1H3/t20-,21?/m0/s1. The van der Waals surface area contributed by atoms with Crippen LogP contribution in [0.5, 0.6) is 11.5 Å². The van der Waals surface area contributed by atoms with Crippen LogP contribution < -0.4 is 15.2 Å². The van der Waals surface area contributed by atoms with E-state index in [1.165, 1.54) is 22.8 Å². The molecule has 34 heavy (non-hydrogen) atoms. The Labute approximate surface area is 192 Å². The highest BCUT2D eigenvalue weighted by atomic mass is 19.2. The van der Waals surface area contributed by atoms with Crippen LogP contribution in [0.4, 0.5) is 8.78 Å². The highest BCUT2D eigenvalue weighted by molar-refractivity contribution is 5.96. The number of carbonyl (C=O) groups is 1. The van der Waals surface area contributed by atoms with Crippen molar-refractivity contribution in [3.63, 3.8) is 0 Å². The van der Waals surface area contributed by atoms with Gasteiger partial charge >= 0.3 is 0 Å². The fourth-order valence-electron chi connectivity index (χ4n) is 4.60. The van der Waals surface area contributed by atoms with E-state index in [-0.39, 0.29) is 35.6 Å². The van der Waals surface area contributed by atoms with Crippen molar-refractivity contribution in [2.24, 2.45) is 0 Å². The molecule has 2 aromatic carbocycles. The molecular formula is C24H18F2N4O4. The summed E-state index contributed by atoms with van der Waals surface area (Å²) in [6.45, 7) is 0.0744. The second-order valence-corrected chi connectivity index (χ2v) is 8.04. The number of pyridine rings is 1. The lowest BCUT2D eigenvalue weighted by Crippen LogP contribution is -2.62. The van der Waals surface area contributed by atoms with Crippen molar-refractivity contribution in [3.8, 4) is 17.6 Å². The summed E-state index contributed by atoms with van der Waals surface area (Å²) >= 11 is 0. The van der Waals surface area contributed by atoms with Crippen molar-refractivity contribution in [1.82, 2.24) is 9.58 Å². The number of nitriles is 1. The predicted octanol–water partition coefficient (Wildman–Crippen LogP) is 2.63. The number of carbonyl (C=O) groups excluding carboxylic acids is 1. The molecule has 5 rings (SSSR count). The first kappa shape index (κ1) is 21.5. The van der Waals surface area contributed by atoms with Gasteiger partial charge in [0.05, 0.1) is 18.2 Å². The van der Waals surface area contributed by atoms with Gasteiger partial charge in [0, 0.05) is 37.4 Å². The molecule has 0 aliphatic carbocycles. The van der Waals surface area contributed by atoms with E-state index < -0.39 is 40.9 Å². The fourth-order valence-corrected chi connectivity index (χ4v) is 4.60. The summed E-state index contributed by atoms with van der Waals surface area (Å²) in [6.07, 6.45) is 0.942. The average Bonchev–Trinajstić information content (AvgIpc) is 2.82. The lowest BCUT2D eigenvalue weighted by atomic mass is 9.92. The fraction of sp³-hybridized carbons (Fsp3) is 0.208. The molecule has 1 unspecified atom stereocenters. The third kappa shape index (κ3) is 3.08. The zero-order valence-corrected chi connectivity index (χ0v) is 17.9. The zero-order chi connectivity index (χ0) is 24.1. The van der Waals surface area contributed by atoms with Gasteiger partial charge in [-0.15, -0.1) is 0 Å². The van der Waals surface area contributed by atoms with Crippen LogP contribution in [0.15, 0.2) is 53.5 Å². The van der Waals surface area contributed by atoms with Crippen LogP contribution in [0.25, 0.3) is 0 Å². The summed E-state index contributed by atoms with van der Waals surface area (Å²) in [4.78, 5) is 26.6. The summed E-state index contributed by atoms with van der Waals surface area (Å²) in [6, 6.07) is 10.9. The molecule has 0 saturated carbocycles. The summed E-state index contributed by atoms with van der Waals surface area (Å²) in [5.74, 6) is -3.43. The molecule has 0 saturated heterocycles. The summed E-state index contributed by atoms with van der Waals surface area (Å²) in [7, 11) is 1.52. The van der Waals surface area contributed by atoms with Gasteiger partial charge in [-0.1, -0.05) is 18.2 Å². The molecule has 0 bridgehead atoms. The number of halogens is 2. The second-order valence-electron chi connectivity index (χ2n) is 8.04. The number of fused-ring (bicyclic) bond motifs is 4. The van der Waals surface area contributed by atoms with E-state index in [1.807, 2.05) is 0 Å². The van der Waals surface area contributed by atoms with Crippen molar-refractivity contribution in [3.05, 3.63) is 92.9 Å². The Morgan fingerprint density at radius 3 is 2.62 bits per heavy atom. The van der Waals surface area contributed by atoms with Crippen LogP contribution in [0, 0.1) is 23.0 Å². The topological polar surface area (TPSA) is 98.8 Å². The highest BCUT2D eigenvalue weighted by Gasteiger charge is 2.44. The van der Waals surface area contributed by atoms with Crippen molar-refractivity contribution in [2.45, 2.75) is 18.6 Å². The summed E-state index contributed by atoms with van der Waals surface area (Å²) < 4.78 is 35.8. The Hall–Kier alpha value is -4.39. The van der Waals surface area contributed by atoms with Gasteiger partial charge in [0.25, 0.3) is 5.91 Å². The first-order valence-electron chi connectivity index (χ1n) is 10.4. The van der Waals surface area contributed by atoms with Crippen LogP contribution in [-0.2, 0) is 0 Å². The molecule has 0 spiro atoms. The maximum atomic E-state index is 14.5. The monoisotopic (exact) mass is 464 g/mol. The zero-order valence-electron chi connectivity index (χ0n) is 17.9. The molecule has 2 atom stereocenters. The lowest BCUT2D eigenvalue weighted by molar-refractivity contribution is 0.0573. The molecule has 2 aliphatic heterocycles. The lowest BCUT2D eigenvalue weighted by Gasteiger charge is -2.50. The molecule has 0 radical (unpaired) electrons. The number of nitrogens with zero attached hydrogens (tertiary/aromatic N) is 4. The van der Waals surface area contributed by atoms with E-state index >= 15 is 0 Å². The van der Waals surface area contributed by atoms with Gasteiger partial charge in [0.15, 0.2) is 23.1 Å². The molecule has 0 fully saturated rings. The van der Waals surface area contributed by atoms with Crippen LogP contribution in [0.1, 0.15) is 39.6 Å². The van der Waals surface area contributed by atoms with Crippen LogP contribution in [0.3, 0.4) is 0 Å². The summed E-state index contributed by atoms with van der Waals surface area (Å²) in [5, 5.41) is 22.0. The van der Waals surface area contributed by atoms with Crippen molar-refractivity contribution >= 4 is 5.91 Å². The van der Waals surface area contributed by atoms with E-state index in [1.54, 1.807) is 29.3 Å². The number of hydrogen-bond acceptors (Lipinski definition) is 6. The summed E-state index contributed by atoms with van der Waals surface area (Å²) in [5.41, 5.74) is -0.0626. The van der Waals surface area contributed by atoms with Crippen LogP contribution in [-0.4, -0.2) is 40.4 Å². The average molecular weight is 464 g/mol. The molecule has 1 aromatic heterocycles. The molecule has 3 heterocycles. The van der Waals surface area contributed by atoms with E-state index in [4.69, 9.17) is 4.74 Å². The number of amides is 1. The number of rotatable bonds is 1. The molecule has 8 nitrogen and oxygen atoms in total. The minimum atomic E-state index is -1.11. The van der Waals surface area contributed by atoms with Crippen molar-refractivity contribution < 1.29 is 23.4 Å². The highest BCUT2D eigenvalue weighted by Crippen LogP contribution is 2.42. The van der Waals surface area contributed by atoms with Gasteiger partial charge in [-0.05, 0) is 17.7 Å². The number of ether oxygens (including phenoxy) is 1. The third-order valence-electron chi connectivity index (χ3n) is 6.20. The quantitative estimate of drug-likeness (QED) is 0.595. The molecular weight excluding hydrogens is 446 g/mol. The van der Waals surface area contributed by atoms with Gasteiger partial charge in [-0.3, -0.25) is 19.3 Å². The largest absolute Gasteiger partial charge is 0.502 e. The predicted molar refractivity (Wildman–Crippen MR) is 116 cm³/mol. The number of aromatic nitrogens is 1. The molecule has 3 aromatic rings. The Bertz CT molecular complexity index is 1430. The second kappa shape index (κ2) is 7.88. The van der Waals surface area contributed by atoms with Crippen LogP contribution in [0.2, 0.25) is 0 Å². The molecule has 1 amide bonds. The normalized spacial score (nSPS) is 19.2. The Balaban J connectivity index is 1.89. The third-order valence-corrected chi connectivity index (χ3v) is 6.20. The molecule has 2 aliphatic rings. The maximum Gasteiger partial charge on any atom is 0.277 e. The number of hydrogen-bond donors (Lipinski definition) is 1. The Morgan fingerprint density at radius 1 is 1.12 bits per heavy atom.